The Kier molecular flexibility index (Phi) is 8.07. The van der Waals surface area contributed by atoms with E-state index in [-0.39, 0.29) is 5.82 Å². The van der Waals surface area contributed by atoms with Gasteiger partial charge in [0.1, 0.15) is 18.2 Å². The highest BCUT2D eigenvalue weighted by Crippen LogP contribution is 2.34. The molecule has 0 aliphatic rings. The summed E-state index contributed by atoms with van der Waals surface area (Å²) in [4.78, 5) is 4.54. The van der Waals surface area contributed by atoms with Crippen molar-refractivity contribution >= 4 is 34.5 Å². The third-order valence-corrected chi connectivity index (χ3v) is 4.94. The van der Waals surface area contributed by atoms with E-state index < -0.39 is 0 Å². The molecule has 3 rings (SSSR count). The third-order valence-electron chi connectivity index (χ3n) is 4.14. The molecule has 30 heavy (non-hydrogen) atoms. The van der Waals surface area contributed by atoms with Crippen LogP contribution in [0.3, 0.4) is 0 Å². The van der Waals surface area contributed by atoms with Crippen LogP contribution in [0.2, 0.25) is 0 Å². The maximum atomic E-state index is 13.1. The number of hydrogen-bond acceptors (Lipinski definition) is 4. The summed E-state index contributed by atoms with van der Waals surface area (Å²) in [5.41, 5.74) is 2.63. The van der Waals surface area contributed by atoms with Crippen molar-refractivity contribution in [3.8, 4) is 17.2 Å². The summed E-state index contributed by atoms with van der Waals surface area (Å²) in [6.45, 7) is 5.36. The third kappa shape index (κ3) is 6.19. The van der Waals surface area contributed by atoms with Gasteiger partial charge in [0.25, 0.3) is 0 Å². The Labute approximate surface area is 189 Å². The maximum absolute atomic E-state index is 13.1. The molecule has 0 spiro atoms. The van der Waals surface area contributed by atoms with Crippen LogP contribution >= 0.6 is 22.6 Å². The van der Waals surface area contributed by atoms with Gasteiger partial charge >= 0.3 is 0 Å². The normalized spacial score (nSPS) is 10.9. The number of halogens is 2. The van der Waals surface area contributed by atoms with Gasteiger partial charge in [-0.2, -0.15) is 0 Å². The topological polar surface area (TPSA) is 40.0 Å². The molecule has 6 heteroatoms. The van der Waals surface area contributed by atoms with E-state index in [1.165, 1.54) is 12.1 Å². The predicted octanol–water partition coefficient (Wildman–Crippen LogP) is 6.56. The molecule has 0 fully saturated rings. The van der Waals surface area contributed by atoms with Crippen molar-refractivity contribution in [1.29, 1.82) is 0 Å². The van der Waals surface area contributed by atoms with Gasteiger partial charge in [-0.25, -0.2) is 4.39 Å². The average molecular weight is 519 g/mol. The van der Waals surface area contributed by atoms with Crippen molar-refractivity contribution in [3.63, 3.8) is 0 Å². The van der Waals surface area contributed by atoms with Crippen molar-refractivity contribution in [1.82, 2.24) is 0 Å². The Morgan fingerprint density at radius 3 is 2.27 bits per heavy atom. The fourth-order valence-corrected chi connectivity index (χ4v) is 3.53. The van der Waals surface area contributed by atoms with Gasteiger partial charge in [0.05, 0.1) is 22.5 Å². The van der Waals surface area contributed by atoms with Crippen LogP contribution in [0.4, 0.5) is 10.1 Å². The monoisotopic (exact) mass is 519 g/mol. The van der Waals surface area contributed by atoms with E-state index in [0.29, 0.717) is 31.3 Å². The Morgan fingerprint density at radius 2 is 1.60 bits per heavy atom. The first-order chi connectivity index (χ1) is 14.6. The van der Waals surface area contributed by atoms with Crippen LogP contribution in [0.1, 0.15) is 25.0 Å². The second-order valence-electron chi connectivity index (χ2n) is 6.36. The SMILES string of the molecule is CCOc1ccc(N=Cc2cc(I)c(OCc3ccc(F)cc3)c(OCC)c2)cc1. The summed E-state index contributed by atoms with van der Waals surface area (Å²) in [6, 6.07) is 17.8. The van der Waals surface area contributed by atoms with E-state index in [4.69, 9.17) is 14.2 Å². The van der Waals surface area contributed by atoms with Crippen molar-refractivity contribution in [3.05, 3.63) is 81.2 Å². The first kappa shape index (κ1) is 22.1. The van der Waals surface area contributed by atoms with E-state index in [0.717, 1.165) is 26.1 Å². The molecule has 4 nitrogen and oxygen atoms in total. The van der Waals surface area contributed by atoms with Gasteiger partial charge < -0.3 is 14.2 Å². The number of benzene rings is 3. The summed E-state index contributed by atoms with van der Waals surface area (Å²) in [7, 11) is 0. The minimum absolute atomic E-state index is 0.264. The first-order valence-corrected chi connectivity index (χ1v) is 10.8. The van der Waals surface area contributed by atoms with Crippen LogP contribution in [0, 0.1) is 9.39 Å². The van der Waals surface area contributed by atoms with Crippen molar-refractivity contribution in [2.75, 3.05) is 13.2 Å². The van der Waals surface area contributed by atoms with Gasteiger partial charge in [-0.15, -0.1) is 0 Å². The Morgan fingerprint density at radius 1 is 0.900 bits per heavy atom. The Balaban J connectivity index is 1.76. The highest BCUT2D eigenvalue weighted by molar-refractivity contribution is 14.1. The fourth-order valence-electron chi connectivity index (χ4n) is 2.75. The summed E-state index contributed by atoms with van der Waals surface area (Å²) in [5, 5.41) is 0. The quantitative estimate of drug-likeness (QED) is 0.238. The molecule has 0 bridgehead atoms. The minimum atomic E-state index is -0.264. The standard InChI is InChI=1S/C24H23FINO3/c1-3-28-21-11-9-20(10-12-21)27-15-18-13-22(26)24(23(14-18)29-4-2)30-16-17-5-7-19(25)8-6-17/h5-15H,3-4,16H2,1-2H3. The molecule has 0 atom stereocenters. The number of nitrogens with zero attached hydrogens (tertiary/aromatic N) is 1. The van der Waals surface area contributed by atoms with Crippen LogP contribution in [-0.4, -0.2) is 19.4 Å². The lowest BCUT2D eigenvalue weighted by atomic mass is 10.2. The zero-order chi connectivity index (χ0) is 21.3. The van der Waals surface area contributed by atoms with Crippen LogP contribution < -0.4 is 14.2 Å². The molecule has 0 amide bonds. The lowest BCUT2D eigenvalue weighted by Gasteiger charge is -2.14. The summed E-state index contributed by atoms with van der Waals surface area (Å²) < 4.78 is 31.2. The molecule has 0 saturated carbocycles. The highest BCUT2D eigenvalue weighted by atomic mass is 127. The van der Waals surface area contributed by atoms with Gasteiger partial charge in [-0.05, 0) is 96.1 Å². The molecular formula is C24H23FINO3. The smallest absolute Gasteiger partial charge is 0.175 e. The number of rotatable bonds is 9. The lowest BCUT2D eigenvalue weighted by Crippen LogP contribution is -2.02. The maximum Gasteiger partial charge on any atom is 0.175 e. The molecule has 3 aromatic rings. The average Bonchev–Trinajstić information content (AvgIpc) is 2.74. The summed E-state index contributed by atoms with van der Waals surface area (Å²) >= 11 is 2.22. The van der Waals surface area contributed by atoms with E-state index in [2.05, 4.69) is 27.6 Å². The second kappa shape index (κ2) is 11.0. The zero-order valence-corrected chi connectivity index (χ0v) is 19.1. The Hall–Kier alpha value is -2.61. The number of aliphatic imine (C=N–C) groups is 1. The van der Waals surface area contributed by atoms with Gasteiger partial charge in [0.15, 0.2) is 11.5 Å². The summed E-state index contributed by atoms with van der Waals surface area (Å²) in [5.74, 6) is 1.88. The molecule has 0 aromatic heterocycles. The zero-order valence-electron chi connectivity index (χ0n) is 16.9. The van der Waals surface area contributed by atoms with Gasteiger partial charge in [-0.3, -0.25) is 4.99 Å². The molecule has 0 heterocycles. The van der Waals surface area contributed by atoms with Crippen LogP contribution in [0.5, 0.6) is 17.2 Å². The van der Waals surface area contributed by atoms with Crippen LogP contribution in [-0.2, 0) is 6.61 Å². The minimum Gasteiger partial charge on any atom is -0.494 e. The molecule has 156 valence electrons. The molecule has 0 N–H and O–H groups in total. The van der Waals surface area contributed by atoms with E-state index in [1.54, 1.807) is 18.3 Å². The lowest BCUT2D eigenvalue weighted by molar-refractivity contribution is 0.267. The molecular weight excluding hydrogens is 496 g/mol. The van der Waals surface area contributed by atoms with Crippen molar-refractivity contribution in [2.45, 2.75) is 20.5 Å². The fraction of sp³-hybridized carbons (Fsp3) is 0.208. The van der Waals surface area contributed by atoms with E-state index in [1.807, 2.05) is 50.2 Å². The van der Waals surface area contributed by atoms with Crippen LogP contribution in [0.15, 0.2) is 65.7 Å². The molecule has 0 aliphatic heterocycles. The highest BCUT2D eigenvalue weighted by Gasteiger charge is 2.12. The molecule has 0 radical (unpaired) electrons. The summed E-state index contributed by atoms with van der Waals surface area (Å²) in [6.07, 6.45) is 1.80. The largest absolute Gasteiger partial charge is 0.494 e. The van der Waals surface area contributed by atoms with Gasteiger partial charge in [-0.1, -0.05) is 12.1 Å². The van der Waals surface area contributed by atoms with Gasteiger partial charge in [0, 0.05) is 6.21 Å². The Bertz CT molecular complexity index is 989. The van der Waals surface area contributed by atoms with Crippen molar-refractivity contribution in [2.24, 2.45) is 4.99 Å². The van der Waals surface area contributed by atoms with Crippen LogP contribution in [0.25, 0.3) is 0 Å². The van der Waals surface area contributed by atoms with E-state index >= 15 is 0 Å². The van der Waals surface area contributed by atoms with Gasteiger partial charge in [0.2, 0.25) is 0 Å². The first-order valence-electron chi connectivity index (χ1n) is 9.69. The molecule has 0 unspecified atom stereocenters. The number of ether oxygens (including phenoxy) is 3. The second-order valence-corrected chi connectivity index (χ2v) is 7.53. The number of hydrogen-bond donors (Lipinski definition) is 0. The molecule has 0 saturated heterocycles. The van der Waals surface area contributed by atoms with E-state index in [9.17, 15) is 4.39 Å². The van der Waals surface area contributed by atoms with Crippen molar-refractivity contribution < 1.29 is 18.6 Å². The molecule has 0 aliphatic carbocycles. The predicted molar refractivity (Wildman–Crippen MR) is 126 cm³/mol. The molecule has 3 aromatic carbocycles.